The molecule has 6 nitrogen and oxygen atoms in total. The second kappa shape index (κ2) is 5.94. The Kier molecular flexibility index (Phi) is 3.85. The van der Waals surface area contributed by atoms with E-state index in [1.807, 2.05) is 16.8 Å². The van der Waals surface area contributed by atoms with E-state index < -0.39 is 6.03 Å². The first kappa shape index (κ1) is 13.6. The highest BCUT2D eigenvalue weighted by Gasteiger charge is 2.12. The van der Waals surface area contributed by atoms with Crippen molar-refractivity contribution in [2.75, 3.05) is 10.6 Å². The Bertz CT molecular complexity index is 757. The third-order valence-corrected chi connectivity index (χ3v) is 3.55. The summed E-state index contributed by atoms with van der Waals surface area (Å²) in [6.45, 7) is 0. The highest BCUT2D eigenvalue weighted by molar-refractivity contribution is 7.08. The van der Waals surface area contributed by atoms with Crippen LogP contribution in [0.2, 0.25) is 5.02 Å². The molecule has 0 atom stereocenters. The number of carbonyl (C=O) groups excluding carboxylic acids is 1. The fourth-order valence-electron chi connectivity index (χ4n) is 1.59. The van der Waals surface area contributed by atoms with Crippen molar-refractivity contribution in [2.24, 2.45) is 0 Å². The molecule has 0 spiro atoms. The number of rotatable bonds is 3. The molecule has 8 heteroatoms. The number of aromatic nitrogens is 2. The third kappa shape index (κ3) is 3.21. The van der Waals surface area contributed by atoms with Gasteiger partial charge >= 0.3 is 12.0 Å². The van der Waals surface area contributed by atoms with Crippen LogP contribution in [0.4, 0.5) is 16.5 Å². The van der Waals surface area contributed by atoms with E-state index in [0.29, 0.717) is 16.6 Å². The molecule has 21 heavy (non-hydrogen) atoms. The summed E-state index contributed by atoms with van der Waals surface area (Å²) in [5.41, 5.74) is 1.31. The summed E-state index contributed by atoms with van der Waals surface area (Å²) in [5, 5.41) is 16.9. The lowest BCUT2D eigenvalue weighted by molar-refractivity contribution is 0.261. The zero-order valence-corrected chi connectivity index (χ0v) is 12.1. The Hall–Kier alpha value is -2.38. The first-order chi connectivity index (χ1) is 10.2. The van der Waals surface area contributed by atoms with Crippen molar-refractivity contribution in [2.45, 2.75) is 0 Å². The molecule has 0 saturated heterocycles. The van der Waals surface area contributed by atoms with Crippen LogP contribution >= 0.6 is 22.9 Å². The van der Waals surface area contributed by atoms with E-state index in [1.54, 1.807) is 24.3 Å². The summed E-state index contributed by atoms with van der Waals surface area (Å²) in [7, 11) is 0. The summed E-state index contributed by atoms with van der Waals surface area (Å²) in [5.74, 6) is 0.351. The normalized spacial score (nSPS) is 10.3. The molecule has 0 fully saturated rings. The summed E-state index contributed by atoms with van der Waals surface area (Å²) in [6, 6.07) is 8.26. The monoisotopic (exact) mass is 320 g/mol. The van der Waals surface area contributed by atoms with Crippen molar-refractivity contribution in [1.82, 2.24) is 10.2 Å². The van der Waals surface area contributed by atoms with E-state index >= 15 is 0 Å². The SMILES string of the molecule is O=C(Nc1nnc(-c2ccsc2)o1)Nc1ccccc1Cl. The topological polar surface area (TPSA) is 80.1 Å². The molecule has 0 aliphatic rings. The number of para-hydroxylation sites is 1. The van der Waals surface area contributed by atoms with Crippen molar-refractivity contribution in [3.05, 3.63) is 46.1 Å². The van der Waals surface area contributed by atoms with E-state index in [4.69, 9.17) is 16.0 Å². The molecule has 2 aromatic heterocycles. The second-order valence-corrected chi connectivity index (χ2v) is 5.17. The van der Waals surface area contributed by atoms with Gasteiger partial charge in [-0.2, -0.15) is 11.3 Å². The number of carbonyl (C=O) groups is 1. The van der Waals surface area contributed by atoms with Crippen LogP contribution < -0.4 is 10.6 Å². The molecule has 2 heterocycles. The second-order valence-electron chi connectivity index (χ2n) is 3.98. The Morgan fingerprint density at radius 3 is 2.81 bits per heavy atom. The van der Waals surface area contributed by atoms with Gasteiger partial charge < -0.3 is 9.73 Å². The minimum Gasteiger partial charge on any atom is -0.403 e. The zero-order valence-electron chi connectivity index (χ0n) is 10.5. The molecule has 0 radical (unpaired) electrons. The van der Waals surface area contributed by atoms with Crippen LogP contribution in [0, 0.1) is 0 Å². The molecule has 0 unspecified atom stereocenters. The number of anilines is 2. The van der Waals surface area contributed by atoms with Crippen molar-refractivity contribution in [1.29, 1.82) is 0 Å². The van der Waals surface area contributed by atoms with Crippen molar-refractivity contribution in [3.63, 3.8) is 0 Å². The number of thiophene rings is 1. The van der Waals surface area contributed by atoms with Crippen molar-refractivity contribution in [3.8, 4) is 11.5 Å². The molecule has 0 saturated carbocycles. The Balaban J connectivity index is 1.67. The van der Waals surface area contributed by atoms with Crippen LogP contribution in [0.1, 0.15) is 0 Å². The van der Waals surface area contributed by atoms with Crippen LogP contribution in [0.3, 0.4) is 0 Å². The molecule has 0 aliphatic heterocycles. The molecule has 0 aliphatic carbocycles. The van der Waals surface area contributed by atoms with Gasteiger partial charge in [-0.3, -0.25) is 5.32 Å². The largest absolute Gasteiger partial charge is 0.403 e. The predicted octanol–water partition coefficient (Wildman–Crippen LogP) is 4.10. The van der Waals surface area contributed by atoms with Gasteiger partial charge in [-0.1, -0.05) is 28.8 Å². The van der Waals surface area contributed by atoms with E-state index in [2.05, 4.69) is 20.8 Å². The van der Waals surface area contributed by atoms with E-state index in [0.717, 1.165) is 5.56 Å². The Morgan fingerprint density at radius 1 is 1.19 bits per heavy atom. The van der Waals surface area contributed by atoms with Gasteiger partial charge in [0.25, 0.3) is 5.89 Å². The molecule has 106 valence electrons. The number of nitrogens with one attached hydrogen (secondary N) is 2. The van der Waals surface area contributed by atoms with Gasteiger partial charge in [0.1, 0.15) is 0 Å². The average Bonchev–Trinajstić information content (AvgIpc) is 3.12. The zero-order chi connectivity index (χ0) is 14.7. The maximum atomic E-state index is 11.8. The average molecular weight is 321 g/mol. The minimum atomic E-state index is -0.511. The molecule has 3 aromatic rings. The molecule has 3 rings (SSSR count). The molecule has 2 amide bonds. The quantitative estimate of drug-likeness (QED) is 0.761. The van der Waals surface area contributed by atoms with E-state index in [1.165, 1.54) is 11.3 Å². The van der Waals surface area contributed by atoms with Gasteiger partial charge in [-0.15, -0.1) is 5.10 Å². The molecule has 2 N–H and O–H groups in total. The summed E-state index contributed by atoms with van der Waals surface area (Å²) < 4.78 is 5.35. The number of nitrogens with zero attached hydrogens (tertiary/aromatic N) is 2. The first-order valence-corrected chi connectivity index (χ1v) is 7.23. The van der Waals surface area contributed by atoms with E-state index in [9.17, 15) is 4.79 Å². The van der Waals surface area contributed by atoms with Gasteiger partial charge in [0, 0.05) is 10.9 Å². The fraction of sp³-hybridized carbons (Fsp3) is 0. The highest BCUT2D eigenvalue weighted by Crippen LogP contribution is 2.23. The summed E-state index contributed by atoms with van der Waals surface area (Å²) in [4.78, 5) is 11.8. The number of benzene rings is 1. The van der Waals surface area contributed by atoms with Gasteiger partial charge in [-0.05, 0) is 23.6 Å². The number of urea groups is 1. The lowest BCUT2D eigenvalue weighted by atomic mass is 10.3. The number of hydrogen-bond acceptors (Lipinski definition) is 5. The summed E-state index contributed by atoms with van der Waals surface area (Å²) in [6.07, 6.45) is 0. The standard InChI is InChI=1S/C13H9ClN4O2S/c14-9-3-1-2-4-10(9)15-12(19)16-13-18-17-11(20-13)8-5-6-21-7-8/h1-7H,(H2,15,16,18,19). The van der Waals surface area contributed by atoms with Gasteiger partial charge in [0.2, 0.25) is 0 Å². The van der Waals surface area contributed by atoms with Crippen LogP contribution in [0.15, 0.2) is 45.5 Å². The lowest BCUT2D eigenvalue weighted by Crippen LogP contribution is -2.19. The minimum absolute atomic E-state index is 0.0146. The highest BCUT2D eigenvalue weighted by atomic mass is 35.5. The van der Waals surface area contributed by atoms with Gasteiger partial charge in [-0.25, -0.2) is 4.79 Å². The first-order valence-electron chi connectivity index (χ1n) is 5.91. The molecule has 0 bridgehead atoms. The predicted molar refractivity (Wildman–Crippen MR) is 81.7 cm³/mol. The molecular formula is C13H9ClN4O2S. The van der Waals surface area contributed by atoms with Crippen LogP contribution in [-0.4, -0.2) is 16.2 Å². The maximum Gasteiger partial charge on any atom is 0.327 e. The van der Waals surface area contributed by atoms with Crippen LogP contribution in [0.5, 0.6) is 0 Å². The number of amides is 2. The Morgan fingerprint density at radius 2 is 2.05 bits per heavy atom. The van der Waals surface area contributed by atoms with Gasteiger partial charge in [0.05, 0.1) is 10.7 Å². The molecule has 1 aromatic carbocycles. The molecular weight excluding hydrogens is 312 g/mol. The number of hydrogen-bond donors (Lipinski definition) is 2. The summed E-state index contributed by atoms with van der Waals surface area (Å²) >= 11 is 7.47. The number of halogens is 1. The fourth-order valence-corrected chi connectivity index (χ4v) is 2.40. The van der Waals surface area contributed by atoms with Crippen molar-refractivity contribution < 1.29 is 9.21 Å². The van der Waals surface area contributed by atoms with Crippen molar-refractivity contribution >= 4 is 40.7 Å². The van der Waals surface area contributed by atoms with Crippen LogP contribution in [-0.2, 0) is 0 Å². The van der Waals surface area contributed by atoms with Gasteiger partial charge in [0.15, 0.2) is 0 Å². The smallest absolute Gasteiger partial charge is 0.327 e. The lowest BCUT2D eigenvalue weighted by Gasteiger charge is -2.05. The van der Waals surface area contributed by atoms with E-state index in [-0.39, 0.29) is 6.01 Å². The third-order valence-electron chi connectivity index (χ3n) is 2.54. The van der Waals surface area contributed by atoms with Crippen LogP contribution in [0.25, 0.3) is 11.5 Å². The maximum absolute atomic E-state index is 11.8. The Labute approximate surface area is 128 Å².